The van der Waals surface area contributed by atoms with Crippen molar-refractivity contribution in [1.29, 1.82) is 0 Å². The Bertz CT molecular complexity index is 1410. The zero-order valence-electron chi connectivity index (χ0n) is 22.3. The molecule has 0 bridgehead atoms. The Morgan fingerprint density at radius 3 is 2.32 bits per heavy atom. The number of ether oxygens (including phenoxy) is 3. The molecule has 0 saturated heterocycles. The van der Waals surface area contributed by atoms with E-state index >= 15 is 0 Å². The standard InChI is InChI=1S/C29H33N3O4S/c1-17(30-28-21-15-23(34-6)24(35-7)16-22(21)31-18(2)32-28)25-12-13-26(37-25)20-10-8-19(9-11-20)14-27(33)36-29(3,4)5/h8-13,15-17H,14H2,1-7H3,(H,30,31,32)/t17-/m0/s1. The average molecular weight is 520 g/mol. The lowest BCUT2D eigenvalue weighted by Gasteiger charge is -2.19. The van der Waals surface area contributed by atoms with Crippen LogP contribution in [-0.2, 0) is 16.0 Å². The second kappa shape index (κ2) is 10.8. The third kappa shape index (κ3) is 6.38. The highest BCUT2D eigenvalue weighted by atomic mass is 32.1. The van der Waals surface area contributed by atoms with E-state index in [1.165, 1.54) is 4.88 Å². The van der Waals surface area contributed by atoms with Crippen LogP contribution < -0.4 is 14.8 Å². The molecule has 4 rings (SSSR count). The first-order valence-corrected chi connectivity index (χ1v) is 13.0. The van der Waals surface area contributed by atoms with E-state index in [2.05, 4.69) is 34.3 Å². The van der Waals surface area contributed by atoms with Crippen molar-refractivity contribution in [3.8, 4) is 21.9 Å². The van der Waals surface area contributed by atoms with Crippen LogP contribution in [0.1, 0.15) is 50.0 Å². The molecule has 0 saturated carbocycles. The van der Waals surface area contributed by atoms with Gasteiger partial charge in [0.1, 0.15) is 17.2 Å². The summed E-state index contributed by atoms with van der Waals surface area (Å²) >= 11 is 1.72. The quantitative estimate of drug-likeness (QED) is 0.258. The van der Waals surface area contributed by atoms with Crippen molar-refractivity contribution in [1.82, 2.24) is 9.97 Å². The third-order valence-corrected chi connectivity index (χ3v) is 7.04. The van der Waals surface area contributed by atoms with Gasteiger partial charge in [0, 0.05) is 21.2 Å². The predicted molar refractivity (Wildman–Crippen MR) is 149 cm³/mol. The lowest BCUT2D eigenvalue weighted by molar-refractivity contribution is -0.153. The number of methoxy groups -OCH3 is 2. The second-order valence-electron chi connectivity index (χ2n) is 9.87. The van der Waals surface area contributed by atoms with Crippen LogP contribution in [0.2, 0.25) is 0 Å². The van der Waals surface area contributed by atoms with Crippen LogP contribution in [0, 0.1) is 6.92 Å². The molecule has 2 aromatic carbocycles. The third-order valence-electron chi connectivity index (χ3n) is 5.73. The molecule has 194 valence electrons. The van der Waals surface area contributed by atoms with Crippen LogP contribution in [0.5, 0.6) is 11.5 Å². The maximum Gasteiger partial charge on any atom is 0.310 e. The van der Waals surface area contributed by atoms with Crippen molar-refractivity contribution in [3.05, 3.63) is 64.8 Å². The first-order valence-electron chi connectivity index (χ1n) is 12.1. The highest BCUT2D eigenvalue weighted by Crippen LogP contribution is 2.37. The first kappa shape index (κ1) is 26.4. The molecule has 2 heterocycles. The summed E-state index contributed by atoms with van der Waals surface area (Å²) in [5.41, 5.74) is 2.35. The summed E-state index contributed by atoms with van der Waals surface area (Å²) in [6, 6.07) is 16.1. The molecule has 4 aromatic rings. The number of aryl methyl sites for hydroxylation is 1. The van der Waals surface area contributed by atoms with Gasteiger partial charge in [0.05, 0.1) is 32.2 Å². The lowest BCUT2D eigenvalue weighted by Crippen LogP contribution is -2.24. The Hall–Kier alpha value is -3.65. The van der Waals surface area contributed by atoms with Gasteiger partial charge in [-0.3, -0.25) is 4.79 Å². The van der Waals surface area contributed by atoms with Crippen molar-refractivity contribution in [2.75, 3.05) is 19.5 Å². The Morgan fingerprint density at radius 2 is 1.68 bits per heavy atom. The molecule has 0 fully saturated rings. The number of carbonyl (C=O) groups is 1. The van der Waals surface area contributed by atoms with Gasteiger partial charge < -0.3 is 19.5 Å². The molecule has 8 heteroatoms. The molecule has 0 unspecified atom stereocenters. The second-order valence-corrected chi connectivity index (χ2v) is 11.0. The van der Waals surface area contributed by atoms with E-state index < -0.39 is 5.60 Å². The van der Waals surface area contributed by atoms with Crippen LogP contribution in [0.25, 0.3) is 21.3 Å². The van der Waals surface area contributed by atoms with Gasteiger partial charge in [-0.1, -0.05) is 24.3 Å². The fourth-order valence-electron chi connectivity index (χ4n) is 4.03. The summed E-state index contributed by atoms with van der Waals surface area (Å²) in [5, 5.41) is 4.42. The molecular formula is C29H33N3O4S. The Kier molecular flexibility index (Phi) is 7.68. The predicted octanol–water partition coefficient (Wildman–Crippen LogP) is 6.74. The number of nitrogens with zero attached hydrogens (tertiary/aromatic N) is 2. The van der Waals surface area contributed by atoms with Crippen LogP contribution in [0.15, 0.2) is 48.5 Å². The number of carbonyl (C=O) groups excluding carboxylic acids is 1. The highest BCUT2D eigenvalue weighted by Gasteiger charge is 2.18. The number of thiophene rings is 1. The number of fused-ring (bicyclic) bond motifs is 1. The molecule has 0 amide bonds. The normalized spacial score (nSPS) is 12.3. The summed E-state index contributed by atoms with van der Waals surface area (Å²) in [5.74, 6) is 2.46. The number of hydrogen-bond donors (Lipinski definition) is 1. The van der Waals surface area contributed by atoms with E-state index in [-0.39, 0.29) is 18.4 Å². The molecule has 7 nitrogen and oxygen atoms in total. The van der Waals surface area contributed by atoms with Gasteiger partial charge in [0.25, 0.3) is 0 Å². The van der Waals surface area contributed by atoms with E-state index in [0.29, 0.717) is 17.3 Å². The molecule has 1 atom stereocenters. The number of hydrogen-bond acceptors (Lipinski definition) is 8. The van der Waals surface area contributed by atoms with Gasteiger partial charge in [0.15, 0.2) is 11.5 Å². The molecule has 0 aliphatic rings. The number of benzene rings is 2. The number of anilines is 1. The van der Waals surface area contributed by atoms with Crippen molar-refractivity contribution < 1.29 is 19.0 Å². The molecule has 0 aliphatic carbocycles. The Morgan fingerprint density at radius 1 is 1.00 bits per heavy atom. The zero-order valence-corrected chi connectivity index (χ0v) is 23.2. The van der Waals surface area contributed by atoms with E-state index in [1.54, 1.807) is 25.6 Å². The number of aromatic nitrogens is 2. The molecule has 2 aromatic heterocycles. The van der Waals surface area contributed by atoms with Crippen molar-refractivity contribution in [3.63, 3.8) is 0 Å². The van der Waals surface area contributed by atoms with Gasteiger partial charge in [-0.15, -0.1) is 11.3 Å². The molecule has 0 radical (unpaired) electrons. The molecular weight excluding hydrogens is 486 g/mol. The summed E-state index contributed by atoms with van der Waals surface area (Å²) < 4.78 is 16.4. The van der Waals surface area contributed by atoms with Crippen molar-refractivity contribution in [2.45, 2.75) is 52.7 Å². The van der Waals surface area contributed by atoms with Gasteiger partial charge >= 0.3 is 5.97 Å². The van der Waals surface area contributed by atoms with Gasteiger partial charge in [0.2, 0.25) is 0 Å². The van der Waals surface area contributed by atoms with Crippen LogP contribution in [0.3, 0.4) is 0 Å². The van der Waals surface area contributed by atoms with Gasteiger partial charge in [-0.05, 0) is 63.9 Å². The topological polar surface area (TPSA) is 82.6 Å². The maximum atomic E-state index is 12.1. The van der Waals surface area contributed by atoms with Crippen LogP contribution in [0.4, 0.5) is 5.82 Å². The first-order chi connectivity index (χ1) is 17.6. The largest absolute Gasteiger partial charge is 0.493 e. The molecule has 0 spiro atoms. The monoisotopic (exact) mass is 519 g/mol. The molecule has 1 N–H and O–H groups in total. The molecule has 37 heavy (non-hydrogen) atoms. The zero-order chi connectivity index (χ0) is 26.7. The minimum Gasteiger partial charge on any atom is -0.493 e. The minimum absolute atomic E-state index is 0.0239. The Balaban J connectivity index is 1.51. The highest BCUT2D eigenvalue weighted by molar-refractivity contribution is 7.15. The number of nitrogens with one attached hydrogen (secondary N) is 1. The lowest BCUT2D eigenvalue weighted by atomic mass is 10.1. The summed E-state index contributed by atoms with van der Waals surface area (Å²) in [6.45, 7) is 9.62. The van der Waals surface area contributed by atoms with E-state index in [0.717, 1.165) is 32.7 Å². The number of esters is 1. The smallest absolute Gasteiger partial charge is 0.310 e. The van der Waals surface area contributed by atoms with Crippen molar-refractivity contribution in [2.24, 2.45) is 0 Å². The van der Waals surface area contributed by atoms with Crippen molar-refractivity contribution >= 4 is 34.0 Å². The SMILES string of the molecule is COc1cc2nc(C)nc(N[C@@H](C)c3ccc(-c4ccc(CC(=O)OC(C)(C)C)cc4)s3)c2cc1OC. The minimum atomic E-state index is -0.481. The summed E-state index contributed by atoms with van der Waals surface area (Å²) in [6.07, 6.45) is 0.261. The van der Waals surface area contributed by atoms with E-state index in [4.69, 9.17) is 14.2 Å². The van der Waals surface area contributed by atoms with Gasteiger partial charge in [-0.2, -0.15) is 0 Å². The summed E-state index contributed by atoms with van der Waals surface area (Å²) in [4.78, 5) is 23.7. The fourth-order valence-corrected chi connectivity index (χ4v) is 5.05. The fraction of sp³-hybridized carbons (Fsp3) is 0.345. The number of rotatable bonds is 8. The molecule has 0 aliphatic heterocycles. The van der Waals surface area contributed by atoms with E-state index in [9.17, 15) is 4.79 Å². The Labute approximate surface area is 221 Å². The van der Waals surface area contributed by atoms with Gasteiger partial charge in [-0.25, -0.2) is 9.97 Å². The average Bonchev–Trinajstić information content (AvgIpc) is 3.33. The van der Waals surface area contributed by atoms with Crippen LogP contribution >= 0.6 is 11.3 Å². The summed E-state index contributed by atoms with van der Waals surface area (Å²) in [7, 11) is 3.23. The van der Waals surface area contributed by atoms with Crippen LogP contribution in [-0.4, -0.2) is 35.8 Å². The maximum absolute atomic E-state index is 12.1. The van der Waals surface area contributed by atoms with E-state index in [1.807, 2.05) is 64.1 Å².